The number of allylic oxidation sites excluding steroid dienone is 4. The van der Waals surface area contributed by atoms with Gasteiger partial charge in [0, 0.05) is 18.4 Å². The van der Waals surface area contributed by atoms with Crippen LogP contribution in [0.15, 0.2) is 45.7 Å². The summed E-state index contributed by atoms with van der Waals surface area (Å²) >= 11 is 0. The van der Waals surface area contributed by atoms with Crippen LogP contribution in [0.1, 0.15) is 43.7 Å². The molecule has 1 heterocycles. The van der Waals surface area contributed by atoms with Gasteiger partial charge < -0.3 is 4.48 Å². The topological polar surface area (TPSA) is 92.1 Å². The molecule has 1 aliphatic heterocycles. The molecule has 10 heteroatoms. The monoisotopic (exact) mass is 485 g/mol. The molecule has 6 nitrogen and oxygen atoms in total. The van der Waals surface area contributed by atoms with Gasteiger partial charge in [0.15, 0.2) is 0 Å². The number of nitrogens with zero attached hydrogens (tertiary/aromatic N) is 1. The van der Waals surface area contributed by atoms with E-state index in [0.717, 1.165) is 6.08 Å². The number of fused-ring (bicyclic) bond motifs is 3. The summed E-state index contributed by atoms with van der Waals surface area (Å²) in [5, 5.41) is 7.80. The van der Waals surface area contributed by atoms with Crippen molar-refractivity contribution in [1.29, 1.82) is 5.41 Å². The number of likely N-dealkylation sites (tertiary alicyclic amines) is 1. The summed E-state index contributed by atoms with van der Waals surface area (Å²) < 4.78 is 72.8. The van der Waals surface area contributed by atoms with E-state index in [1.807, 2.05) is 0 Å². The van der Waals surface area contributed by atoms with Gasteiger partial charge in [-0.25, -0.2) is 0 Å². The fourth-order valence-corrected chi connectivity index (χ4v) is 6.17. The number of hydrogen-bond acceptors (Lipinski definition) is 5. The predicted molar refractivity (Wildman–Crippen MR) is 122 cm³/mol. The highest BCUT2D eigenvalue weighted by Crippen LogP contribution is 2.43. The molecule has 0 amide bonds. The van der Waals surface area contributed by atoms with Crippen molar-refractivity contribution in [2.45, 2.75) is 32.6 Å². The number of halogens is 2. The van der Waals surface area contributed by atoms with Crippen LogP contribution in [0.25, 0.3) is 11.6 Å². The summed E-state index contributed by atoms with van der Waals surface area (Å²) in [6.45, 7) is 6.55. The molecule has 0 radical (unpaired) electrons. The van der Waals surface area contributed by atoms with Gasteiger partial charge >= 0.3 is 20.4 Å². The van der Waals surface area contributed by atoms with Crippen LogP contribution >= 0.6 is 0 Å². The van der Waals surface area contributed by atoms with Gasteiger partial charge in [0.1, 0.15) is 9.81 Å². The third-order valence-corrected chi connectivity index (χ3v) is 7.93. The Morgan fingerprint density at radius 3 is 2.16 bits per heavy atom. The summed E-state index contributed by atoms with van der Waals surface area (Å²) in [6, 6.07) is 6.59. The lowest BCUT2D eigenvalue weighted by molar-refractivity contribution is -0.897. The molecule has 0 spiro atoms. The zero-order valence-electron chi connectivity index (χ0n) is 18.1. The molecule has 1 aromatic carbocycles. The van der Waals surface area contributed by atoms with Crippen molar-refractivity contribution in [2.75, 3.05) is 26.7 Å². The number of quaternary nitrogens is 1. The van der Waals surface area contributed by atoms with Crippen molar-refractivity contribution in [3.63, 3.8) is 0 Å². The van der Waals surface area contributed by atoms with Crippen molar-refractivity contribution >= 4 is 37.8 Å². The van der Waals surface area contributed by atoms with Crippen LogP contribution < -0.4 is 0 Å². The largest absolute Gasteiger partial charge is 0.335 e. The lowest BCUT2D eigenvalue weighted by atomic mass is 9.95. The first-order valence-corrected chi connectivity index (χ1v) is 13.2. The normalized spacial score (nSPS) is 19.6. The molecule has 2 aliphatic carbocycles. The van der Waals surface area contributed by atoms with Gasteiger partial charge in [0.05, 0.1) is 32.4 Å². The lowest BCUT2D eigenvalue weighted by Gasteiger charge is -2.28. The van der Waals surface area contributed by atoms with Gasteiger partial charge in [-0.05, 0) is 35.3 Å². The van der Waals surface area contributed by atoms with E-state index in [4.69, 9.17) is 5.41 Å². The van der Waals surface area contributed by atoms with Crippen molar-refractivity contribution in [1.82, 2.24) is 0 Å². The third-order valence-electron chi connectivity index (χ3n) is 6.04. The van der Waals surface area contributed by atoms with Crippen molar-refractivity contribution in [2.24, 2.45) is 0 Å². The predicted octanol–water partition coefficient (Wildman–Crippen LogP) is 4.34. The Morgan fingerprint density at radius 2 is 1.59 bits per heavy atom. The van der Waals surface area contributed by atoms with Crippen LogP contribution in [0.5, 0.6) is 0 Å². The highest BCUT2D eigenvalue weighted by molar-refractivity contribution is 7.95. The van der Waals surface area contributed by atoms with Gasteiger partial charge in [0.25, 0.3) is 0 Å². The molecule has 1 fully saturated rings. The van der Waals surface area contributed by atoms with Crippen LogP contribution in [-0.2, 0) is 20.4 Å². The fraction of sp³-hybridized carbons (Fsp3) is 0.409. The second-order valence-corrected chi connectivity index (χ2v) is 11.1. The van der Waals surface area contributed by atoms with Crippen molar-refractivity contribution in [3.05, 3.63) is 56.9 Å². The Balaban J connectivity index is 0.000000243. The van der Waals surface area contributed by atoms with E-state index >= 15 is 0 Å². The molecule has 3 aliphatic rings. The van der Waals surface area contributed by atoms with E-state index in [0.29, 0.717) is 11.1 Å². The summed E-state index contributed by atoms with van der Waals surface area (Å²) in [6.07, 6.45) is 7.86. The number of nitrogens with one attached hydrogen (secondary N) is 1. The van der Waals surface area contributed by atoms with Crippen LogP contribution in [0.2, 0.25) is 0 Å². The van der Waals surface area contributed by atoms with Gasteiger partial charge in [-0.2, -0.15) is 16.8 Å². The van der Waals surface area contributed by atoms with Crippen LogP contribution in [0, 0.1) is 5.41 Å². The molecule has 1 N–H and O–H groups in total. The molecule has 32 heavy (non-hydrogen) atoms. The maximum Gasteiger partial charge on any atom is 0.335 e. The summed E-state index contributed by atoms with van der Waals surface area (Å²) in [7, 11) is -8.69. The van der Waals surface area contributed by atoms with Gasteiger partial charge in [-0.3, -0.25) is 5.41 Å². The highest BCUT2D eigenvalue weighted by Gasteiger charge is 2.39. The third kappa shape index (κ3) is 5.07. The molecule has 4 rings (SSSR count). The minimum absolute atomic E-state index is 0.0322. The lowest BCUT2D eigenvalue weighted by Crippen LogP contribution is -2.41. The van der Waals surface area contributed by atoms with E-state index in [1.165, 1.54) is 55.9 Å². The van der Waals surface area contributed by atoms with Crippen LogP contribution in [0.3, 0.4) is 0 Å². The molecule has 1 saturated heterocycles. The molecule has 0 aromatic heterocycles. The van der Waals surface area contributed by atoms with Crippen molar-refractivity contribution < 1.29 is 29.1 Å². The number of benzene rings is 1. The van der Waals surface area contributed by atoms with E-state index in [9.17, 15) is 24.6 Å². The maximum atomic E-state index is 13.4. The van der Waals surface area contributed by atoms with Gasteiger partial charge in [-0.1, -0.05) is 37.6 Å². The first-order valence-electron chi connectivity index (χ1n) is 10.5. The second kappa shape index (κ2) is 8.99. The maximum absolute atomic E-state index is 13.4. The van der Waals surface area contributed by atoms with Crippen LogP contribution in [-0.4, -0.2) is 53.7 Å². The minimum atomic E-state index is -5.58. The molecular formula is C22H27F2N2O4S2+. The van der Waals surface area contributed by atoms with E-state index in [-0.39, 0.29) is 11.1 Å². The SMILES string of the molecule is CCCC[N+]1(C)CCCC1.N=C1C2=Cc3ccccc3C2=CC(S(=O)(=O)F)=C1S(=O)(=O)F. The molecular weight excluding hydrogens is 458 g/mol. The Kier molecular flexibility index (Phi) is 6.88. The summed E-state index contributed by atoms with van der Waals surface area (Å²) in [4.78, 5) is -2.83. The first-order chi connectivity index (χ1) is 14.9. The number of rotatable bonds is 5. The molecule has 0 saturated carbocycles. The Hall–Kier alpha value is -2.17. The van der Waals surface area contributed by atoms with E-state index in [1.54, 1.807) is 24.3 Å². The molecule has 174 valence electrons. The summed E-state index contributed by atoms with van der Waals surface area (Å²) in [5.41, 5.74) is 0.432. The molecule has 0 atom stereocenters. The van der Waals surface area contributed by atoms with Crippen LogP contribution in [0.4, 0.5) is 7.77 Å². The molecule has 0 bridgehead atoms. The molecule has 1 aromatic rings. The standard InChI is InChI=1S/C13H7F2NO4S2.C9H20N/c14-21(17,18)11-6-9-8-4-2-1-3-7(8)5-10(9)12(16)13(11)22(15,19)20;1-3-4-7-10(2)8-5-6-9-10/h1-6,16H;3-9H2,1-2H3/q;+1. The fourth-order valence-electron chi connectivity index (χ4n) is 4.34. The first kappa shape index (κ1) is 24.5. The highest BCUT2D eigenvalue weighted by atomic mass is 32.3. The van der Waals surface area contributed by atoms with Gasteiger partial charge in [0.2, 0.25) is 0 Å². The van der Waals surface area contributed by atoms with Gasteiger partial charge in [-0.15, -0.1) is 7.77 Å². The smallest absolute Gasteiger partial charge is 0.326 e. The van der Waals surface area contributed by atoms with E-state index in [2.05, 4.69) is 14.0 Å². The average Bonchev–Trinajstić information content (AvgIpc) is 3.29. The number of unbranched alkanes of at least 4 members (excludes halogenated alkanes) is 1. The van der Waals surface area contributed by atoms with E-state index < -0.39 is 36.0 Å². The Bertz CT molecular complexity index is 1240. The average molecular weight is 486 g/mol. The quantitative estimate of drug-likeness (QED) is 0.496. The van der Waals surface area contributed by atoms with Crippen molar-refractivity contribution in [3.8, 4) is 0 Å². The Labute approximate surface area is 188 Å². The molecule has 0 unspecified atom stereocenters. The zero-order valence-corrected chi connectivity index (χ0v) is 19.7. The second-order valence-electron chi connectivity index (χ2n) is 8.50. The minimum Gasteiger partial charge on any atom is -0.326 e. The summed E-state index contributed by atoms with van der Waals surface area (Å²) in [5.74, 6) is 0. The zero-order chi connectivity index (χ0) is 23.7. The number of hydrogen-bond donors (Lipinski definition) is 1. The Morgan fingerprint density at radius 1 is 0.969 bits per heavy atom.